The molecule has 6 heteroatoms. The molecule has 0 radical (unpaired) electrons. The summed E-state index contributed by atoms with van der Waals surface area (Å²) in [6.45, 7) is 2.91. The van der Waals surface area contributed by atoms with Gasteiger partial charge in [-0.25, -0.2) is 4.79 Å². The van der Waals surface area contributed by atoms with Gasteiger partial charge in [0.15, 0.2) is 0 Å². The van der Waals surface area contributed by atoms with Gasteiger partial charge in [-0.15, -0.1) is 24.8 Å². The number of ether oxygens (including phenoxy) is 1. The van der Waals surface area contributed by atoms with E-state index in [0.717, 1.165) is 25.2 Å². The van der Waals surface area contributed by atoms with Crippen LogP contribution in [0.2, 0.25) is 0 Å². The molecule has 1 aliphatic heterocycles. The molecule has 0 amide bonds. The van der Waals surface area contributed by atoms with E-state index in [4.69, 9.17) is 4.74 Å². The van der Waals surface area contributed by atoms with Crippen molar-refractivity contribution in [3.8, 4) is 0 Å². The van der Waals surface area contributed by atoms with Crippen LogP contribution in [0.5, 0.6) is 0 Å². The fourth-order valence-corrected chi connectivity index (χ4v) is 2.76. The van der Waals surface area contributed by atoms with E-state index in [2.05, 4.69) is 9.88 Å². The van der Waals surface area contributed by atoms with Gasteiger partial charge in [0.05, 0.1) is 5.56 Å². The predicted octanol–water partition coefficient (Wildman–Crippen LogP) is 3.92. The maximum Gasteiger partial charge on any atom is 0.338 e. The smallest absolute Gasteiger partial charge is 0.338 e. The standard InChI is InChI=1S/C18H20N2O2.2ClH/c21-18(16-8-10-19-11-9-16)22-17(14-20-12-4-5-13-20)15-6-2-1-3-7-15;;/h1-3,6-11,17H,4-5,12-14H2;2*1H. The zero-order valence-electron chi connectivity index (χ0n) is 13.3. The van der Waals surface area contributed by atoms with Gasteiger partial charge in [-0.1, -0.05) is 30.3 Å². The van der Waals surface area contributed by atoms with E-state index >= 15 is 0 Å². The number of esters is 1. The number of hydrogen-bond donors (Lipinski definition) is 0. The molecule has 1 unspecified atom stereocenters. The van der Waals surface area contributed by atoms with Gasteiger partial charge < -0.3 is 4.74 Å². The van der Waals surface area contributed by atoms with Crippen LogP contribution < -0.4 is 0 Å². The van der Waals surface area contributed by atoms with E-state index < -0.39 is 0 Å². The SMILES string of the molecule is Cl.Cl.O=C(OC(CN1CCCC1)c1ccccc1)c1ccncc1. The molecule has 130 valence electrons. The summed E-state index contributed by atoms with van der Waals surface area (Å²) in [6.07, 6.45) is 5.42. The van der Waals surface area contributed by atoms with Crippen LogP contribution in [0.4, 0.5) is 0 Å². The van der Waals surface area contributed by atoms with Gasteiger partial charge in [0.25, 0.3) is 0 Å². The van der Waals surface area contributed by atoms with E-state index in [9.17, 15) is 4.79 Å². The molecular formula is C18H22Cl2N2O2. The number of benzene rings is 1. The summed E-state index contributed by atoms with van der Waals surface area (Å²) in [7, 11) is 0. The summed E-state index contributed by atoms with van der Waals surface area (Å²) < 4.78 is 5.78. The van der Waals surface area contributed by atoms with E-state index in [1.165, 1.54) is 12.8 Å². The minimum absolute atomic E-state index is 0. The molecule has 1 atom stereocenters. The Balaban J connectivity index is 0.00000144. The van der Waals surface area contributed by atoms with Crippen LogP contribution in [0.3, 0.4) is 0 Å². The van der Waals surface area contributed by atoms with E-state index in [1.807, 2.05) is 30.3 Å². The zero-order chi connectivity index (χ0) is 15.2. The number of hydrogen-bond acceptors (Lipinski definition) is 4. The predicted molar refractivity (Wildman–Crippen MR) is 99.0 cm³/mol. The van der Waals surface area contributed by atoms with Gasteiger partial charge in [0.2, 0.25) is 0 Å². The van der Waals surface area contributed by atoms with Crippen LogP contribution in [0, 0.1) is 0 Å². The molecule has 0 aliphatic carbocycles. The monoisotopic (exact) mass is 368 g/mol. The molecular weight excluding hydrogens is 347 g/mol. The highest BCUT2D eigenvalue weighted by atomic mass is 35.5. The molecule has 1 fully saturated rings. The van der Waals surface area contributed by atoms with Gasteiger partial charge in [-0.05, 0) is 43.6 Å². The second-order valence-electron chi connectivity index (χ2n) is 5.55. The molecule has 24 heavy (non-hydrogen) atoms. The van der Waals surface area contributed by atoms with Crippen LogP contribution >= 0.6 is 24.8 Å². The third-order valence-corrected chi connectivity index (χ3v) is 3.96. The van der Waals surface area contributed by atoms with Crippen molar-refractivity contribution in [1.29, 1.82) is 0 Å². The van der Waals surface area contributed by atoms with Gasteiger partial charge in [-0.3, -0.25) is 9.88 Å². The average molecular weight is 369 g/mol. The first-order valence-corrected chi connectivity index (χ1v) is 7.71. The second-order valence-corrected chi connectivity index (χ2v) is 5.55. The Hall–Kier alpha value is -1.62. The van der Waals surface area contributed by atoms with Crippen molar-refractivity contribution in [2.75, 3.05) is 19.6 Å². The molecule has 0 spiro atoms. The molecule has 3 rings (SSSR count). The minimum atomic E-state index is -0.296. The van der Waals surface area contributed by atoms with Gasteiger partial charge in [0, 0.05) is 18.9 Å². The largest absolute Gasteiger partial charge is 0.453 e. The summed E-state index contributed by atoms with van der Waals surface area (Å²) >= 11 is 0. The number of aromatic nitrogens is 1. The summed E-state index contributed by atoms with van der Waals surface area (Å²) in [5.74, 6) is -0.296. The van der Waals surface area contributed by atoms with Crippen LogP contribution in [0.15, 0.2) is 54.9 Å². The van der Waals surface area contributed by atoms with Crippen molar-refractivity contribution in [3.63, 3.8) is 0 Å². The van der Waals surface area contributed by atoms with Crippen LogP contribution in [-0.4, -0.2) is 35.5 Å². The quantitative estimate of drug-likeness (QED) is 0.750. The molecule has 4 nitrogen and oxygen atoms in total. The van der Waals surface area contributed by atoms with Gasteiger partial charge >= 0.3 is 5.97 Å². The first kappa shape index (κ1) is 20.4. The van der Waals surface area contributed by atoms with Crippen LogP contribution in [0.25, 0.3) is 0 Å². The van der Waals surface area contributed by atoms with E-state index in [0.29, 0.717) is 5.56 Å². The van der Waals surface area contributed by atoms with Crippen molar-refractivity contribution in [1.82, 2.24) is 9.88 Å². The molecule has 1 aromatic heterocycles. The number of carbonyl (C=O) groups is 1. The van der Waals surface area contributed by atoms with Crippen molar-refractivity contribution in [2.45, 2.75) is 18.9 Å². The maximum absolute atomic E-state index is 12.3. The lowest BCUT2D eigenvalue weighted by molar-refractivity contribution is 0.0216. The fraction of sp³-hybridized carbons (Fsp3) is 0.333. The Kier molecular flexibility index (Phi) is 8.76. The average Bonchev–Trinajstić information content (AvgIpc) is 3.09. The zero-order valence-corrected chi connectivity index (χ0v) is 15.0. The van der Waals surface area contributed by atoms with Gasteiger partial charge in [0.1, 0.15) is 6.10 Å². The molecule has 2 aromatic rings. The minimum Gasteiger partial charge on any atom is -0.453 e. The van der Waals surface area contributed by atoms with Gasteiger partial charge in [-0.2, -0.15) is 0 Å². The third kappa shape index (κ3) is 5.48. The normalized spacial score (nSPS) is 15.0. The lowest BCUT2D eigenvalue weighted by Crippen LogP contribution is -2.28. The van der Waals surface area contributed by atoms with Crippen molar-refractivity contribution in [3.05, 3.63) is 66.0 Å². The first-order chi connectivity index (χ1) is 10.8. The lowest BCUT2D eigenvalue weighted by Gasteiger charge is -2.24. The number of rotatable bonds is 5. The number of halogens is 2. The molecule has 1 aromatic carbocycles. The van der Waals surface area contributed by atoms with Crippen molar-refractivity contribution >= 4 is 30.8 Å². The van der Waals surface area contributed by atoms with Crippen LogP contribution in [0.1, 0.15) is 34.9 Å². The van der Waals surface area contributed by atoms with E-state index in [1.54, 1.807) is 24.5 Å². The first-order valence-electron chi connectivity index (χ1n) is 7.71. The lowest BCUT2D eigenvalue weighted by atomic mass is 10.1. The highest BCUT2D eigenvalue weighted by Gasteiger charge is 2.22. The molecule has 1 aliphatic rings. The molecule has 0 N–H and O–H groups in total. The highest BCUT2D eigenvalue weighted by molar-refractivity contribution is 5.89. The molecule has 0 bridgehead atoms. The molecule has 2 heterocycles. The van der Waals surface area contributed by atoms with Crippen molar-refractivity contribution < 1.29 is 9.53 Å². The highest BCUT2D eigenvalue weighted by Crippen LogP contribution is 2.22. The summed E-state index contributed by atoms with van der Waals surface area (Å²) in [4.78, 5) is 18.6. The Bertz CT molecular complexity index is 605. The number of pyridine rings is 1. The second kappa shape index (κ2) is 10.3. The number of likely N-dealkylation sites (tertiary alicyclic amines) is 1. The molecule has 1 saturated heterocycles. The van der Waals surface area contributed by atoms with Crippen molar-refractivity contribution in [2.24, 2.45) is 0 Å². The fourth-order valence-electron chi connectivity index (χ4n) is 2.76. The third-order valence-electron chi connectivity index (χ3n) is 3.96. The molecule has 0 saturated carbocycles. The topological polar surface area (TPSA) is 42.4 Å². The number of nitrogens with zero attached hydrogens (tertiary/aromatic N) is 2. The Morgan fingerprint density at radius 2 is 1.67 bits per heavy atom. The Morgan fingerprint density at radius 1 is 1.04 bits per heavy atom. The maximum atomic E-state index is 12.3. The van der Waals surface area contributed by atoms with E-state index in [-0.39, 0.29) is 36.9 Å². The van der Waals surface area contributed by atoms with Crippen LogP contribution in [-0.2, 0) is 4.74 Å². The summed E-state index contributed by atoms with van der Waals surface area (Å²) in [6, 6.07) is 13.3. The Labute approximate surface area is 155 Å². The summed E-state index contributed by atoms with van der Waals surface area (Å²) in [5, 5.41) is 0. The Morgan fingerprint density at radius 3 is 2.29 bits per heavy atom. The summed E-state index contributed by atoms with van der Waals surface area (Å²) in [5.41, 5.74) is 1.58. The number of carbonyl (C=O) groups excluding carboxylic acids is 1.